The van der Waals surface area contributed by atoms with E-state index in [0.717, 1.165) is 25.7 Å². The second-order valence-electron chi connectivity index (χ2n) is 7.29. The van der Waals surface area contributed by atoms with Crippen LogP contribution in [0.25, 0.3) is 0 Å². The highest BCUT2D eigenvalue weighted by Gasteiger charge is 2.32. The van der Waals surface area contributed by atoms with Gasteiger partial charge in [0, 0.05) is 11.6 Å². The molecule has 4 nitrogen and oxygen atoms in total. The molecule has 0 aliphatic heterocycles. The molecule has 2 rings (SSSR count). The maximum absolute atomic E-state index is 12.3. The summed E-state index contributed by atoms with van der Waals surface area (Å²) in [6, 6.07) is 6.30. The zero-order valence-corrected chi connectivity index (χ0v) is 13.6. The summed E-state index contributed by atoms with van der Waals surface area (Å²) < 4.78 is 0. The van der Waals surface area contributed by atoms with Gasteiger partial charge >= 0.3 is 5.97 Å². The van der Waals surface area contributed by atoms with Gasteiger partial charge in [-0.15, -0.1) is 0 Å². The van der Waals surface area contributed by atoms with Crippen LogP contribution < -0.4 is 5.32 Å². The van der Waals surface area contributed by atoms with E-state index in [9.17, 15) is 9.59 Å². The first-order valence-electron chi connectivity index (χ1n) is 7.91. The highest BCUT2D eigenvalue weighted by atomic mass is 16.4. The molecule has 22 heavy (non-hydrogen) atoms. The molecule has 0 atom stereocenters. The fourth-order valence-corrected chi connectivity index (χ4v) is 3.16. The van der Waals surface area contributed by atoms with E-state index in [1.165, 1.54) is 12.1 Å². The molecule has 0 unspecified atom stereocenters. The van der Waals surface area contributed by atoms with Crippen LogP contribution in [0.2, 0.25) is 0 Å². The predicted octanol–water partition coefficient (Wildman–Crippen LogP) is 4.18. The topological polar surface area (TPSA) is 66.4 Å². The van der Waals surface area contributed by atoms with Crippen LogP contribution in [0.15, 0.2) is 24.3 Å². The van der Waals surface area contributed by atoms with Gasteiger partial charge in [-0.2, -0.15) is 0 Å². The van der Waals surface area contributed by atoms with Crippen LogP contribution >= 0.6 is 0 Å². The summed E-state index contributed by atoms with van der Waals surface area (Å²) in [7, 11) is 0. The first-order valence-corrected chi connectivity index (χ1v) is 7.91. The third kappa shape index (κ3) is 4.09. The number of carboxylic acids is 1. The minimum absolute atomic E-state index is 0.0513. The summed E-state index contributed by atoms with van der Waals surface area (Å²) in [6.45, 7) is 6.80. The number of anilines is 1. The van der Waals surface area contributed by atoms with E-state index in [0.29, 0.717) is 17.0 Å². The van der Waals surface area contributed by atoms with Crippen LogP contribution in [0.3, 0.4) is 0 Å². The lowest BCUT2D eigenvalue weighted by atomic mass is 9.69. The standard InChI is InChI=1S/C18H25NO3/c1-18(2,3)14-8-4-12(5-9-14)16(20)19-15-10-6-13(7-11-15)17(21)22/h6-7,10-12,14H,4-5,8-9H2,1-3H3,(H,19,20)(H,21,22). The van der Waals surface area contributed by atoms with Gasteiger partial charge in [-0.3, -0.25) is 4.79 Å². The van der Waals surface area contributed by atoms with Crippen molar-refractivity contribution in [3.05, 3.63) is 29.8 Å². The van der Waals surface area contributed by atoms with Crippen LogP contribution in [0, 0.1) is 17.3 Å². The van der Waals surface area contributed by atoms with E-state index in [1.807, 2.05) is 0 Å². The number of carbonyl (C=O) groups excluding carboxylic acids is 1. The van der Waals surface area contributed by atoms with Crippen LogP contribution in [-0.2, 0) is 4.79 Å². The largest absolute Gasteiger partial charge is 0.478 e. The Morgan fingerprint density at radius 1 is 1.05 bits per heavy atom. The van der Waals surface area contributed by atoms with Gasteiger partial charge in [-0.25, -0.2) is 4.79 Å². The van der Waals surface area contributed by atoms with Crippen molar-refractivity contribution < 1.29 is 14.7 Å². The summed E-state index contributed by atoms with van der Waals surface area (Å²) in [5, 5.41) is 11.8. The molecule has 1 fully saturated rings. The number of carbonyl (C=O) groups is 2. The molecule has 1 aromatic rings. The van der Waals surface area contributed by atoms with Gasteiger partial charge in [0.2, 0.25) is 5.91 Å². The molecule has 0 bridgehead atoms. The van der Waals surface area contributed by atoms with Gasteiger partial charge in [0.25, 0.3) is 0 Å². The van der Waals surface area contributed by atoms with Crippen LogP contribution in [0.5, 0.6) is 0 Å². The van der Waals surface area contributed by atoms with Gasteiger partial charge in [0.05, 0.1) is 5.56 Å². The molecule has 0 heterocycles. The zero-order valence-electron chi connectivity index (χ0n) is 13.6. The number of aromatic carboxylic acids is 1. The molecule has 0 spiro atoms. The number of hydrogen-bond acceptors (Lipinski definition) is 2. The average molecular weight is 303 g/mol. The second-order valence-corrected chi connectivity index (χ2v) is 7.29. The number of benzene rings is 1. The Hall–Kier alpha value is -1.84. The van der Waals surface area contributed by atoms with Crippen molar-refractivity contribution in [2.45, 2.75) is 46.5 Å². The molecule has 1 saturated carbocycles. The Balaban J connectivity index is 1.89. The minimum atomic E-state index is -0.960. The van der Waals surface area contributed by atoms with E-state index < -0.39 is 5.97 Å². The van der Waals surface area contributed by atoms with Crippen molar-refractivity contribution in [1.29, 1.82) is 0 Å². The lowest BCUT2D eigenvalue weighted by Crippen LogP contribution is -2.31. The van der Waals surface area contributed by atoms with Gasteiger partial charge in [-0.05, 0) is 61.3 Å². The number of carboxylic acid groups (broad SMARTS) is 1. The smallest absolute Gasteiger partial charge is 0.335 e. The average Bonchev–Trinajstić information content (AvgIpc) is 2.47. The molecule has 1 aliphatic carbocycles. The second kappa shape index (κ2) is 6.51. The molecule has 120 valence electrons. The Kier molecular flexibility index (Phi) is 4.89. The maximum Gasteiger partial charge on any atom is 0.335 e. The van der Waals surface area contributed by atoms with Crippen molar-refractivity contribution in [2.24, 2.45) is 17.3 Å². The van der Waals surface area contributed by atoms with Crippen LogP contribution in [0.1, 0.15) is 56.8 Å². The van der Waals surface area contributed by atoms with Crippen LogP contribution in [0.4, 0.5) is 5.69 Å². The Bertz CT molecular complexity index is 534. The molecule has 1 aliphatic rings. The molecular formula is C18H25NO3. The minimum Gasteiger partial charge on any atom is -0.478 e. The van der Waals surface area contributed by atoms with Gasteiger partial charge in [-0.1, -0.05) is 20.8 Å². The lowest BCUT2D eigenvalue weighted by molar-refractivity contribution is -0.121. The van der Waals surface area contributed by atoms with E-state index in [2.05, 4.69) is 26.1 Å². The van der Waals surface area contributed by atoms with E-state index in [1.54, 1.807) is 12.1 Å². The predicted molar refractivity (Wildman–Crippen MR) is 86.9 cm³/mol. The number of nitrogens with one attached hydrogen (secondary N) is 1. The molecule has 1 amide bonds. The van der Waals surface area contributed by atoms with Crippen molar-refractivity contribution >= 4 is 17.6 Å². The lowest BCUT2D eigenvalue weighted by Gasteiger charge is -2.36. The molecule has 4 heteroatoms. The van der Waals surface area contributed by atoms with E-state index in [4.69, 9.17) is 5.11 Å². The normalized spacial score (nSPS) is 22.1. The highest BCUT2D eigenvalue weighted by molar-refractivity contribution is 5.93. The third-order valence-corrected chi connectivity index (χ3v) is 4.72. The first kappa shape index (κ1) is 16.5. The third-order valence-electron chi connectivity index (χ3n) is 4.72. The summed E-state index contributed by atoms with van der Waals surface area (Å²) in [5.41, 5.74) is 1.20. The van der Waals surface area contributed by atoms with Crippen LogP contribution in [-0.4, -0.2) is 17.0 Å². The fraction of sp³-hybridized carbons (Fsp3) is 0.556. The molecule has 0 radical (unpaired) electrons. The number of rotatable bonds is 3. The SMILES string of the molecule is CC(C)(C)C1CCC(C(=O)Nc2ccc(C(=O)O)cc2)CC1. The quantitative estimate of drug-likeness (QED) is 0.880. The highest BCUT2D eigenvalue weighted by Crippen LogP contribution is 2.40. The summed E-state index contributed by atoms with van der Waals surface area (Å²) >= 11 is 0. The maximum atomic E-state index is 12.3. The van der Waals surface area contributed by atoms with Gasteiger partial charge in [0.15, 0.2) is 0 Å². The zero-order chi connectivity index (χ0) is 16.3. The molecule has 0 aromatic heterocycles. The first-order chi connectivity index (χ1) is 10.3. The number of amides is 1. The fourth-order valence-electron chi connectivity index (χ4n) is 3.16. The van der Waals surface area contributed by atoms with E-state index >= 15 is 0 Å². The molecule has 2 N–H and O–H groups in total. The van der Waals surface area contributed by atoms with Crippen molar-refractivity contribution in [2.75, 3.05) is 5.32 Å². The van der Waals surface area contributed by atoms with Gasteiger partial charge < -0.3 is 10.4 Å². The molecule has 1 aromatic carbocycles. The Morgan fingerprint density at radius 3 is 2.05 bits per heavy atom. The van der Waals surface area contributed by atoms with Crippen molar-refractivity contribution in [1.82, 2.24) is 0 Å². The van der Waals surface area contributed by atoms with Gasteiger partial charge in [0.1, 0.15) is 0 Å². The molecule has 0 saturated heterocycles. The molecular weight excluding hydrogens is 278 g/mol. The Labute approximate surface area is 131 Å². The number of hydrogen-bond donors (Lipinski definition) is 2. The van der Waals surface area contributed by atoms with Crippen molar-refractivity contribution in [3.63, 3.8) is 0 Å². The summed E-state index contributed by atoms with van der Waals surface area (Å²) in [5.74, 6) is -0.155. The Morgan fingerprint density at radius 2 is 1.59 bits per heavy atom. The van der Waals surface area contributed by atoms with E-state index in [-0.39, 0.29) is 17.4 Å². The summed E-state index contributed by atoms with van der Waals surface area (Å²) in [4.78, 5) is 23.1. The monoisotopic (exact) mass is 303 g/mol. The summed E-state index contributed by atoms with van der Waals surface area (Å²) in [6.07, 6.45) is 4.06. The van der Waals surface area contributed by atoms with Crippen molar-refractivity contribution in [3.8, 4) is 0 Å².